The number of amides is 1. The highest BCUT2D eigenvalue weighted by Crippen LogP contribution is 2.04. The first kappa shape index (κ1) is 9.78. The van der Waals surface area contributed by atoms with E-state index in [1.165, 1.54) is 5.56 Å². The fraction of sp³-hybridized carbons (Fsp3) is 0.200. The molecule has 3 heteroatoms. The number of carbonyl (C=O) groups excluding carboxylic acids is 1. The minimum absolute atomic E-state index is 0.251. The predicted molar refractivity (Wildman–Crippen MR) is 54.9 cm³/mol. The molecule has 2 nitrogen and oxygen atoms in total. The molecule has 13 heavy (non-hydrogen) atoms. The Hall–Kier alpha value is -1.31. The number of rotatable bonds is 2. The Balaban J connectivity index is 2.69. The number of isothiocyanates is 1. The van der Waals surface area contributed by atoms with Crippen molar-refractivity contribution in [3.8, 4) is 0 Å². The fourth-order valence-electron chi connectivity index (χ4n) is 0.971. The topological polar surface area (TPSA) is 29.4 Å². The van der Waals surface area contributed by atoms with E-state index in [-0.39, 0.29) is 5.91 Å². The molecule has 0 unspecified atom stereocenters. The lowest BCUT2D eigenvalue weighted by atomic mass is 10.1. The zero-order valence-corrected chi connectivity index (χ0v) is 8.10. The Morgan fingerprint density at radius 1 is 1.46 bits per heavy atom. The van der Waals surface area contributed by atoms with E-state index in [4.69, 9.17) is 0 Å². The van der Waals surface area contributed by atoms with Gasteiger partial charge in [0.05, 0.1) is 11.6 Å². The summed E-state index contributed by atoms with van der Waals surface area (Å²) < 4.78 is 0. The quantitative estimate of drug-likeness (QED) is 0.529. The Morgan fingerprint density at radius 2 is 2.08 bits per heavy atom. The molecule has 0 spiro atoms. The van der Waals surface area contributed by atoms with Gasteiger partial charge in [0.2, 0.25) is 0 Å². The molecular formula is C10H9NOS. The Bertz CT molecular complexity index is 350. The number of carbonyl (C=O) groups is 1. The molecule has 1 amide bonds. The van der Waals surface area contributed by atoms with Crippen molar-refractivity contribution in [2.24, 2.45) is 4.99 Å². The van der Waals surface area contributed by atoms with Gasteiger partial charge < -0.3 is 0 Å². The maximum absolute atomic E-state index is 11.0. The van der Waals surface area contributed by atoms with Crippen LogP contribution in [0.15, 0.2) is 29.3 Å². The molecule has 0 N–H and O–H groups in total. The lowest BCUT2D eigenvalue weighted by Crippen LogP contribution is -1.97. The normalized spacial score (nSPS) is 9.00. The number of thiocarbonyl (C=S) groups is 1. The fourth-order valence-corrected chi connectivity index (χ4v) is 1.07. The molecule has 1 rings (SSSR count). The molecular weight excluding hydrogens is 182 g/mol. The van der Waals surface area contributed by atoms with Crippen LogP contribution in [-0.4, -0.2) is 11.1 Å². The molecule has 0 fully saturated rings. The highest BCUT2D eigenvalue weighted by molar-refractivity contribution is 7.78. The van der Waals surface area contributed by atoms with E-state index in [1.54, 1.807) is 0 Å². The third kappa shape index (κ3) is 3.28. The van der Waals surface area contributed by atoms with Crippen molar-refractivity contribution in [3.63, 3.8) is 0 Å². The molecule has 0 aromatic heterocycles. The summed E-state index contributed by atoms with van der Waals surface area (Å²) in [4.78, 5) is 14.4. The molecule has 0 aliphatic carbocycles. The first-order chi connectivity index (χ1) is 6.22. The minimum Gasteiger partial charge on any atom is -0.271 e. The largest absolute Gasteiger partial charge is 0.271 e. The summed E-state index contributed by atoms with van der Waals surface area (Å²) in [7, 11) is 0. The Morgan fingerprint density at radius 3 is 2.62 bits per heavy atom. The van der Waals surface area contributed by atoms with Crippen molar-refractivity contribution in [1.82, 2.24) is 0 Å². The molecule has 0 radical (unpaired) electrons. The zero-order chi connectivity index (χ0) is 9.68. The predicted octanol–water partition coefficient (Wildman–Crippen LogP) is 2.17. The average Bonchev–Trinajstić information content (AvgIpc) is 2.09. The molecule has 0 atom stereocenters. The van der Waals surface area contributed by atoms with Crippen LogP contribution < -0.4 is 0 Å². The summed E-state index contributed by atoms with van der Waals surface area (Å²) >= 11 is 4.33. The summed E-state index contributed by atoms with van der Waals surface area (Å²) in [6.45, 7) is 2.00. The van der Waals surface area contributed by atoms with Crippen molar-refractivity contribution in [2.75, 3.05) is 0 Å². The van der Waals surface area contributed by atoms with Gasteiger partial charge >= 0.3 is 0 Å². The van der Waals surface area contributed by atoms with Gasteiger partial charge in [-0.1, -0.05) is 29.8 Å². The highest BCUT2D eigenvalue weighted by Gasteiger charge is 1.99. The van der Waals surface area contributed by atoms with Crippen LogP contribution in [0, 0.1) is 6.92 Å². The molecule has 0 aliphatic heterocycles. The molecule has 66 valence electrons. The minimum atomic E-state index is -0.251. The van der Waals surface area contributed by atoms with Crippen molar-refractivity contribution in [1.29, 1.82) is 0 Å². The van der Waals surface area contributed by atoms with Crippen LogP contribution in [0.1, 0.15) is 11.1 Å². The van der Waals surface area contributed by atoms with Crippen LogP contribution in [0.5, 0.6) is 0 Å². The Kier molecular flexibility index (Phi) is 3.50. The van der Waals surface area contributed by atoms with Crippen LogP contribution in [0.25, 0.3) is 0 Å². The van der Waals surface area contributed by atoms with Gasteiger partial charge in [0.1, 0.15) is 0 Å². The number of hydrogen-bond donors (Lipinski definition) is 0. The molecule has 0 aliphatic rings. The number of nitrogens with zero attached hydrogens (tertiary/aromatic N) is 1. The van der Waals surface area contributed by atoms with Crippen LogP contribution in [0.2, 0.25) is 0 Å². The van der Waals surface area contributed by atoms with Crippen LogP contribution >= 0.6 is 12.2 Å². The smallest absolute Gasteiger partial charge is 0.258 e. The summed E-state index contributed by atoms with van der Waals surface area (Å²) in [6, 6.07) is 7.74. The lowest BCUT2D eigenvalue weighted by molar-refractivity contribution is -0.117. The first-order valence-electron chi connectivity index (χ1n) is 3.88. The maximum atomic E-state index is 11.0. The van der Waals surface area contributed by atoms with Gasteiger partial charge in [0.15, 0.2) is 0 Å². The van der Waals surface area contributed by atoms with E-state index in [2.05, 4.69) is 22.4 Å². The van der Waals surface area contributed by atoms with Gasteiger partial charge in [0.25, 0.3) is 5.91 Å². The molecule has 0 saturated heterocycles. The van der Waals surface area contributed by atoms with E-state index in [0.29, 0.717) is 6.42 Å². The molecule has 0 saturated carbocycles. The maximum Gasteiger partial charge on any atom is 0.258 e. The summed E-state index contributed by atoms with van der Waals surface area (Å²) in [5.41, 5.74) is 2.12. The number of aryl methyl sites for hydroxylation is 1. The van der Waals surface area contributed by atoms with E-state index in [0.717, 1.165) is 5.56 Å². The van der Waals surface area contributed by atoms with Crippen molar-refractivity contribution in [2.45, 2.75) is 13.3 Å². The van der Waals surface area contributed by atoms with Gasteiger partial charge in [-0.2, -0.15) is 4.99 Å². The number of hydrogen-bond acceptors (Lipinski definition) is 2. The van der Waals surface area contributed by atoms with E-state index >= 15 is 0 Å². The van der Waals surface area contributed by atoms with Gasteiger partial charge in [-0.3, -0.25) is 4.79 Å². The van der Waals surface area contributed by atoms with E-state index < -0.39 is 0 Å². The van der Waals surface area contributed by atoms with Crippen molar-refractivity contribution < 1.29 is 4.79 Å². The second-order valence-electron chi connectivity index (χ2n) is 2.76. The van der Waals surface area contributed by atoms with E-state index in [1.807, 2.05) is 31.2 Å². The summed E-state index contributed by atoms with van der Waals surface area (Å²) in [5, 5.41) is 2.06. The van der Waals surface area contributed by atoms with Gasteiger partial charge in [-0.15, -0.1) is 0 Å². The highest BCUT2D eigenvalue weighted by atomic mass is 32.1. The third-order valence-electron chi connectivity index (χ3n) is 1.65. The van der Waals surface area contributed by atoms with Gasteiger partial charge in [-0.25, -0.2) is 0 Å². The van der Waals surface area contributed by atoms with Crippen molar-refractivity contribution >= 4 is 23.3 Å². The van der Waals surface area contributed by atoms with Crippen molar-refractivity contribution in [3.05, 3.63) is 35.4 Å². The van der Waals surface area contributed by atoms with Gasteiger partial charge in [-0.05, 0) is 24.7 Å². The standard InChI is InChI=1S/C10H9NOS/c1-8-2-4-9(5-3-8)6-10(12)11-7-13/h2-5H,6H2,1H3. The molecule has 1 aromatic rings. The van der Waals surface area contributed by atoms with Crippen LogP contribution in [0.3, 0.4) is 0 Å². The molecule has 0 heterocycles. The number of aliphatic imine (C=N–C) groups is 1. The van der Waals surface area contributed by atoms with Crippen LogP contribution in [-0.2, 0) is 11.2 Å². The second kappa shape index (κ2) is 4.65. The lowest BCUT2D eigenvalue weighted by Gasteiger charge is -1.96. The molecule has 1 aromatic carbocycles. The zero-order valence-electron chi connectivity index (χ0n) is 7.28. The first-order valence-corrected chi connectivity index (χ1v) is 4.29. The van der Waals surface area contributed by atoms with Gasteiger partial charge in [0, 0.05) is 0 Å². The second-order valence-corrected chi connectivity index (χ2v) is 2.94. The molecule has 0 bridgehead atoms. The number of benzene rings is 1. The third-order valence-corrected chi connectivity index (χ3v) is 1.74. The van der Waals surface area contributed by atoms with E-state index in [9.17, 15) is 4.79 Å². The summed E-state index contributed by atoms with van der Waals surface area (Å²) in [5.74, 6) is -0.251. The SMILES string of the molecule is Cc1ccc(CC(=O)N=C=S)cc1. The Labute approximate surface area is 82.3 Å². The van der Waals surface area contributed by atoms with Crippen LogP contribution in [0.4, 0.5) is 0 Å². The summed E-state index contributed by atoms with van der Waals surface area (Å²) in [6.07, 6.45) is 0.296. The monoisotopic (exact) mass is 191 g/mol. The average molecular weight is 191 g/mol.